The van der Waals surface area contributed by atoms with Crippen LogP contribution in [0.2, 0.25) is 0 Å². The van der Waals surface area contributed by atoms with Gasteiger partial charge >= 0.3 is 0 Å². The van der Waals surface area contributed by atoms with E-state index in [2.05, 4.69) is 5.32 Å². The second-order valence-electron chi connectivity index (χ2n) is 3.76. The van der Waals surface area contributed by atoms with Crippen LogP contribution in [0.25, 0.3) is 0 Å². The van der Waals surface area contributed by atoms with Crippen molar-refractivity contribution >= 4 is 6.29 Å². The first-order chi connectivity index (χ1) is 9.24. The van der Waals surface area contributed by atoms with Gasteiger partial charge in [0.1, 0.15) is 6.29 Å². The van der Waals surface area contributed by atoms with Gasteiger partial charge in [0.05, 0.1) is 6.54 Å². The molecule has 1 rings (SSSR count). The lowest BCUT2D eigenvalue weighted by Crippen LogP contribution is -2.15. The molecule has 108 valence electrons. The Labute approximate surface area is 116 Å². The van der Waals surface area contributed by atoms with E-state index in [4.69, 9.17) is 9.47 Å². The van der Waals surface area contributed by atoms with Crippen LogP contribution in [-0.2, 0) is 20.8 Å². The van der Waals surface area contributed by atoms with Gasteiger partial charge in [-0.1, -0.05) is 30.3 Å². The smallest absolute Gasteiger partial charge is 0.154 e. The predicted octanol–water partition coefficient (Wildman–Crippen LogP) is 2.38. The quantitative estimate of drug-likeness (QED) is 0.446. The number of ether oxygens (including phenoxy) is 2. The molecule has 0 saturated heterocycles. The molecule has 4 heteroatoms. The van der Waals surface area contributed by atoms with Gasteiger partial charge in [-0.05, 0) is 26.3 Å². The first kappa shape index (κ1) is 17.8. The van der Waals surface area contributed by atoms with E-state index in [0.29, 0.717) is 6.54 Å². The van der Waals surface area contributed by atoms with Gasteiger partial charge in [0, 0.05) is 19.8 Å². The largest absolute Gasteiger partial charge is 0.353 e. The summed E-state index contributed by atoms with van der Waals surface area (Å²) in [5, 5.41) is 2.98. The summed E-state index contributed by atoms with van der Waals surface area (Å²) in [7, 11) is 0. The summed E-state index contributed by atoms with van der Waals surface area (Å²) < 4.78 is 10.1. The highest BCUT2D eigenvalue weighted by atomic mass is 16.7. The van der Waals surface area contributed by atoms with Gasteiger partial charge in [-0.3, -0.25) is 0 Å². The highest BCUT2D eigenvalue weighted by Crippen LogP contribution is 1.96. The van der Waals surface area contributed by atoms with Crippen LogP contribution < -0.4 is 5.32 Å². The van der Waals surface area contributed by atoms with E-state index >= 15 is 0 Å². The Morgan fingerprint density at radius 1 is 1.16 bits per heavy atom. The van der Waals surface area contributed by atoms with Gasteiger partial charge in [0.15, 0.2) is 6.29 Å². The summed E-state index contributed by atoms with van der Waals surface area (Å²) in [6, 6.07) is 9.99. The normalized spacial score (nSPS) is 9.89. The summed E-state index contributed by atoms with van der Waals surface area (Å²) in [5.41, 5.74) is 1.20. The Bertz CT molecular complexity index is 298. The molecule has 4 nitrogen and oxygen atoms in total. The van der Waals surface area contributed by atoms with E-state index in [1.807, 2.05) is 51.1 Å². The highest BCUT2D eigenvalue weighted by Gasteiger charge is 1.94. The zero-order valence-corrected chi connectivity index (χ0v) is 12.1. The van der Waals surface area contributed by atoms with E-state index in [1.54, 1.807) is 0 Å². The summed E-state index contributed by atoms with van der Waals surface area (Å²) in [5.74, 6) is 0. The van der Waals surface area contributed by atoms with Crippen molar-refractivity contribution in [1.82, 2.24) is 5.32 Å². The second kappa shape index (κ2) is 13.2. The van der Waals surface area contributed by atoms with Crippen LogP contribution in [0.1, 0.15) is 26.3 Å². The van der Waals surface area contributed by atoms with Crippen molar-refractivity contribution in [2.45, 2.75) is 33.6 Å². The van der Waals surface area contributed by atoms with Gasteiger partial charge in [-0.2, -0.15) is 0 Å². The number of benzene rings is 1. The molecule has 0 aromatic heterocycles. The molecule has 0 amide bonds. The number of rotatable bonds is 8. The Morgan fingerprint density at radius 2 is 1.74 bits per heavy atom. The molecule has 0 aliphatic rings. The van der Waals surface area contributed by atoms with Crippen LogP contribution >= 0.6 is 0 Å². The summed E-state index contributed by atoms with van der Waals surface area (Å²) in [4.78, 5) is 9.93. The average Bonchev–Trinajstić information content (AvgIpc) is 2.42. The minimum Gasteiger partial charge on any atom is -0.353 e. The molecular formula is C15H25NO3. The Kier molecular flexibility index (Phi) is 12.4. The van der Waals surface area contributed by atoms with Crippen molar-refractivity contribution in [3.8, 4) is 0 Å². The standard InChI is InChI=1S/C9H11NO.C6H14O2/c11-7-6-10-8-9-4-2-1-3-5-9;1-4-7-6(3)8-5-2/h1-5,7,10H,6,8H2;6H,4-5H2,1-3H3. The molecule has 1 N–H and O–H groups in total. The Balaban J connectivity index is 0.000000362. The summed E-state index contributed by atoms with van der Waals surface area (Å²) in [6.45, 7) is 8.44. The molecule has 1 aromatic carbocycles. The van der Waals surface area contributed by atoms with E-state index < -0.39 is 0 Å². The number of hydrogen-bond acceptors (Lipinski definition) is 4. The number of carbonyl (C=O) groups is 1. The van der Waals surface area contributed by atoms with E-state index in [0.717, 1.165) is 26.0 Å². The van der Waals surface area contributed by atoms with Crippen LogP contribution in [0.15, 0.2) is 30.3 Å². The third-order valence-electron chi connectivity index (χ3n) is 2.20. The maximum Gasteiger partial charge on any atom is 0.154 e. The van der Waals surface area contributed by atoms with Crippen molar-refractivity contribution in [2.24, 2.45) is 0 Å². The van der Waals surface area contributed by atoms with Crippen LogP contribution in [0.5, 0.6) is 0 Å². The summed E-state index contributed by atoms with van der Waals surface area (Å²) >= 11 is 0. The third kappa shape index (κ3) is 11.6. The monoisotopic (exact) mass is 267 g/mol. The zero-order valence-electron chi connectivity index (χ0n) is 12.1. The maximum absolute atomic E-state index is 9.93. The molecule has 0 aliphatic heterocycles. The molecule has 0 heterocycles. The minimum atomic E-state index is -0.0370. The second-order valence-corrected chi connectivity index (χ2v) is 3.76. The number of carbonyl (C=O) groups excluding carboxylic acids is 1. The van der Waals surface area contributed by atoms with Crippen LogP contribution in [0, 0.1) is 0 Å². The maximum atomic E-state index is 9.93. The van der Waals surface area contributed by atoms with E-state index in [1.165, 1.54) is 5.56 Å². The third-order valence-corrected chi connectivity index (χ3v) is 2.20. The highest BCUT2D eigenvalue weighted by molar-refractivity contribution is 5.51. The van der Waals surface area contributed by atoms with Gasteiger partial charge in [-0.25, -0.2) is 0 Å². The fourth-order valence-corrected chi connectivity index (χ4v) is 1.39. The SMILES string of the molecule is CCOC(C)OCC.O=CCNCc1ccccc1. The lowest BCUT2D eigenvalue weighted by Gasteiger charge is -2.09. The first-order valence-electron chi connectivity index (χ1n) is 6.66. The fourth-order valence-electron chi connectivity index (χ4n) is 1.39. The molecule has 1 aromatic rings. The van der Waals surface area contributed by atoms with Crippen molar-refractivity contribution in [3.05, 3.63) is 35.9 Å². The number of nitrogens with one attached hydrogen (secondary N) is 1. The molecule has 0 aliphatic carbocycles. The van der Waals surface area contributed by atoms with Crippen molar-refractivity contribution in [1.29, 1.82) is 0 Å². The average molecular weight is 267 g/mol. The lowest BCUT2D eigenvalue weighted by atomic mass is 10.2. The molecule has 0 radical (unpaired) electrons. The van der Waals surface area contributed by atoms with Gasteiger partial charge in [0.2, 0.25) is 0 Å². The van der Waals surface area contributed by atoms with Crippen molar-refractivity contribution < 1.29 is 14.3 Å². The Morgan fingerprint density at radius 3 is 2.21 bits per heavy atom. The van der Waals surface area contributed by atoms with Gasteiger partial charge in [-0.15, -0.1) is 0 Å². The zero-order chi connectivity index (χ0) is 14.3. The number of hydrogen-bond donors (Lipinski definition) is 1. The predicted molar refractivity (Wildman–Crippen MR) is 76.9 cm³/mol. The molecular weight excluding hydrogens is 242 g/mol. The fraction of sp³-hybridized carbons (Fsp3) is 0.533. The molecule has 0 atom stereocenters. The van der Waals surface area contributed by atoms with Gasteiger partial charge < -0.3 is 19.6 Å². The van der Waals surface area contributed by atoms with E-state index in [-0.39, 0.29) is 6.29 Å². The molecule has 0 bridgehead atoms. The van der Waals surface area contributed by atoms with Crippen LogP contribution in [0.4, 0.5) is 0 Å². The molecule has 0 spiro atoms. The van der Waals surface area contributed by atoms with E-state index in [9.17, 15) is 4.79 Å². The lowest BCUT2D eigenvalue weighted by molar-refractivity contribution is -0.123. The number of aldehydes is 1. The summed E-state index contributed by atoms with van der Waals surface area (Å²) in [6.07, 6.45) is 0.827. The minimum absolute atomic E-state index is 0.0370. The van der Waals surface area contributed by atoms with Crippen LogP contribution in [-0.4, -0.2) is 32.3 Å². The molecule has 19 heavy (non-hydrogen) atoms. The topological polar surface area (TPSA) is 47.6 Å². The molecule has 0 saturated carbocycles. The van der Waals surface area contributed by atoms with Crippen LogP contribution in [0.3, 0.4) is 0 Å². The van der Waals surface area contributed by atoms with Crippen molar-refractivity contribution in [3.63, 3.8) is 0 Å². The first-order valence-corrected chi connectivity index (χ1v) is 6.66. The molecule has 0 unspecified atom stereocenters. The Hall–Kier alpha value is -1.23. The van der Waals surface area contributed by atoms with Gasteiger partial charge in [0.25, 0.3) is 0 Å². The molecule has 0 fully saturated rings. The van der Waals surface area contributed by atoms with Crippen molar-refractivity contribution in [2.75, 3.05) is 19.8 Å².